The van der Waals surface area contributed by atoms with E-state index >= 15 is 0 Å². The number of carbonyl (C=O) groups excluding carboxylic acids is 1. The first-order chi connectivity index (χ1) is 10.3. The summed E-state index contributed by atoms with van der Waals surface area (Å²) in [7, 11) is 1.45. The Balaban J connectivity index is 2.01. The molecule has 2 heteroatoms. The molecule has 0 fully saturated rings. The molecule has 0 heterocycles. The molecule has 0 unspecified atom stereocenters. The zero-order chi connectivity index (χ0) is 14.9. The van der Waals surface area contributed by atoms with Crippen LogP contribution in [-0.2, 0) is 22.4 Å². The highest BCUT2D eigenvalue weighted by Gasteiger charge is 2.13. The first kappa shape index (κ1) is 15.3. The molecule has 2 rings (SSSR count). The van der Waals surface area contributed by atoms with Crippen molar-refractivity contribution in [2.75, 3.05) is 7.11 Å². The molecule has 0 saturated carbocycles. The zero-order valence-corrected chi connectivity index (χ0v) is 12.5. The Bertz CT molecular complexity index is 493. The Morgan fingerprint density at radius 1 is 0.905 bits per heavy atom. The van der Waals surface area contributed by atoms with E-state index in [0.717, 1.165) is 19.3 Å². The van der Waals surface area contributed by atoms with E-state index in [2.05, 4.69) is 48.5 Å². The van der Waals surface area contributed by atoms with Gasteiger partial charge in [-0.15, -0.1) is 0 Å². The Kier molecular flexibility index (Phi) is 6.01. The maximum Gasteiger partial charge on any atom is 0.305 e. The molecule has 0 aliphatic heterocycles. The van der Waals surface area contributed by atoms with E-state index in [1.54, 1.807) is 0 Å². The lowest BCUT2D eigenvalue weighted by molar-refractivity contribution is -0.140. The van der Waals surface area contributed by atoms with Gasteiger partial charge in [-0.1, -0.05) is 60.7 Å². The van der Waals surface area contributed by atoms with Crippen molar-refractivity contribution in [2.24, 2.45) is 5.92 Å². The Morgan fingerprint density at radius 3 is 1.81 bits per heavy atom. The molecule has 0 aliphatic rings. The lowest BCUT2D eigenvalue weighted by Crippen LogP contribution is -2.12. The van der Waals surface area contributed by atoms with Gasteiger partial charge in [0.1, 0.15) is 0 Å². The molecule has 0 N–H and O–H groups in total. The highest BCUT2D eigenvalue weighted by atomic mass is 16.5. The summed E-state index contributed by atoms with van der Waals surface area (Å²) >= 11 is 0. The summed E-state index contributed by atoms with van der Waals surface area (Å²) < 4.78 is 4.76. The highest BCUT2D eigenvalue weighted by molar-refractivity contribution is 5.69. The molecule has 2 aromatic carbocycles. The third-order valence-electron chi connectivity index (χ3n) is 3.72. The highest BCUT2D eigenvalue weighted by Crippen LogP contribution is 2.19. The average Bonchev–Trinajstić information content (AvgIpc) is 2.54. The largest absolute Gasteiger partial charge is 0.469 e. The zero-order valence-electron chi connectivity index (χ0n) is 12.5. The van der Waals surface area contributed by atoms with Gasteiger partial charge in [-0.05, 0) is 36.3 Å². The molecule has 110 valence electrons. The molecule has 0 radical (unpaired) electrons. The van der Waals surface area contributed by atoms with Gasteiger partial charge in [-0.2, -0.15) is 0 Å². The molecule has 21 heavy (non-hydrogen) atoms. The second kappa shape index (κ2) is 8.25. The fourth-order valence-electron chi connectivity index (χ4n) is 2.60. The van der Waals surface area contributed by atoms with Gasteiger partial charge >= 0.3 is 5.97 Å². The average molecular weight is 282 g/mol. The minimum absolute atomic E-state index is 0.124. The van der Waals surface area contributed by atoms with Gasteiger partial charge in [0.2, 0.25) is 0 Å². The van der Waals surface area contributed by atoms with E-state index in [1.807, 2.05) is 12.1 Å². The van der Waals surface area contributed by atoms with E-state index in [4.69, 9.17) is 4.74 Å². The molecule has 2 aromatic rings. The van der Waals surface area contributed by atoms with E-state index in [-0.39, 0.29) is 5.97 Å². The maximum absolute atomic E-state index is 11.4. The molecular formula is C19H22O2. The second-order valence-electron chi connectivity index (χ2n) is 5.36. The topological polar surface area (TPSA) is 26.3 Å². The normalized spacial score (nSPS) is 10.6. The molecule has 0 aliphatic carbocycles. The summed E-state index contributed by atoms with van der Waals surface area (Å²) in [5.41, 5.74) is 2.64. The number of rotatable bonds is 7. The molecule has 0 atom stereocenters. The molecule has 2 nitrogen and oxygen atoms in total. The number of carbonyl (C=O) groups is 1. The standard InChI is InChI=1S/C19H22O2/c1-21-19(20)13-12-18(14-16-8-4-2-5-9-16)15-17-10-6-3-7-11-17/h2-11,18H,12-15H2,1H3. The summed E-state index contributed by atoms with van der Waals surface area (Å²) in [4.78, 5) is 11.4. The minimum Gasteiger partial charge on any atom is -0.469 e. The third kappa shape index (κ3) is 5.42. The van der Waals surface area contributed by atoms with Crippen LogP contribution in [-0.4, -0.2) is 13.1 Å². The summed E-state index contributed by atoms with van der Waals surface area (Å²) in [5, 5.41) is 0. The van der Waals surface area contributed by atoms with E-state index in [0.29, 0.717) is 12.3 Å². The summed E-state index contributed by atoms with van der Waals surface area (Å²) in [6.45, 7) is 0. The Morgan fingerprint density at radius 2 is 1.38 bits per heavy atom. The molecular weight excluding hydrogens is 260 g/mol. The molecule has 0 spiro atoms. The molecule has 0 aromatic heterocycles. The first-order valence-electron chi connectivity index (χ1n) is 7.42. The lowest BCUT2D eigenvalue weighted by Gasteiger charge is -2.17. The van der Waals surface area contributed by atoms with Gasteiger partial charge < -0.3 is 4.74 Å². The molecule has 0 amide bonds. The summed E-state index contributed by atoms with van der Waals surface area (Å²) in [5.74, 6) is 0.329. The van der Waals surface area contributed by atoms with Crippen LogP contribution in [0.15, 0.2) is 60.7 Å². The number of esters is 1. The van der Waals surface area contributed by atoms with Gasteiger partial charge in [0.05, 0.1) is 7.11 Å². The smallest absolute Gasteiger partial charge is 0.305 e. The van der Waals surface area contributed by atoms with Crippen LogP contribution in [0.2, 0.25) is 0 Å². The van der Waals surface area contributed by atoms with Gasteiger partial charge in [-0.25, -0.2) is 0 Å². The van der Waals surface area contributed by atoms with E-state index in [1.165, 1.54) is 18.2 Å². The number of hydrogen-bond acceptors (Lipinski definition) is 2. The number of ether oxygens (including phenoxy) is 1. The van der Waals surface area contributed by atoms with Crippen molar-refractivity contribution < 1.29 is 9.53 Å². The predicted molar refractivity (Wildman–Crippen MR) is 85.0 cm³/mol. The van der Waals surface area contributed by atoms with E-state index < -0.39 is 0 Å². The van der Waals surface area contributed by atoms with Crippen molar-refractivity contribution >= 4 is 5.97 Å². The van der Waals surface area contributed by atoms with Crippen molar-refractivity contribution in [1.29, 1.82) is 0 Å². The SMILES string of the molecule is COC(=O)CCC(Cc1ccccc1)Cc1ccccc1. The van der Waals surface area contributed by atoms with Crippen LogP contribution in [0.1, 0.15) is 24.0 Å². The van der Waals surface area contributed by atoms with E-state index in [9.17, 15) is 4.79 Å². The van der Waals surface area contributed by atoms with Gasteiger partial charge in [0.25, 0.3) is 0 Å². The molecule has 0 bridgehead atoms. The van der Waals surface area contributed by atoms with Crippen LogP contribution >= 0.6 is 0 Å². The fourth-order valence-corrected chi connectivity index (χ4v) is 2.60. The van der Waals surface area contributed by atoms with Crippen molar-refractivity contribution in [1.82, 2.24) is 0 Å². The van der Waals surface area contributed by atoms with Crippen LogP contribution in [0.4, 0.5) is 0 Å². The van der Waals surface area contributed by atoms with Crippen molar-refractivity contribution in [3.8, 4) is 0 Å². The number of benzene rings is 2. The van der Waals surface area contributed by atoms with Crippen LogP contribution in [0.3, 0.4) is 0 Å². The van der Waals surface area contributed by atoms with Crippen LogP contribution < -0.4 is 0 Å². The second-order valence-corrected chi connectivity index (χ2v) is 5.36. The van der Waals surface area contributed by atoms with Gasteiger partial charge in [0, 0.05) is 6.42 Å². The number of hydrogen-bond donors (Lipinski definition) is 0. The fraction of sp³-hybridized carbons (Fsp3) is 0.316. The van der Waals surface area contributed by atoms with Crippen LogP contribution in [0.5, 0.6) is 0 Å². The Labute approximate surface area is 126 Å². The van der Waals surface area contributed by atoms with Crippen LogP contribution in [0.25, 0.3) is 0 Å². The van der Waals surface area contributed by atoms with Crippen molar-refractivity contribution in [3.05, 3.63) is 71.8 Å². The summed E-state index contributed by atoms with van der Waals surface area (Å²) in [6.07, 6.45) is 3.33. The monoisotopic (exact) mass is 282 g/mol. The van der Waals surface area contributed by atoms with Crippen molar-refractivity contribution in [3.63, 3.8) is 0 Å². The minimum atomic E-state index is -0.124. The number of methoxy groups -OCH3 is 1. The van der Waals surface area contributed by atoms with Gasteiger partial charge in [0.15, 0.2) is 0 Å². The lowest BCUT2D eigenvalue weighted by atomic mass is 9.89. The predicted octanol–water partition coefficient (Wildman–Crippen LogP) is 4.04. The quantitative estimate of drug-likeness (QED) is 0.716. The molecule has 0 saturated heterocycles. The maximum atomic E-state index is 11.4. The first-order valence-corrected chi connectivity index (χ1v) is 7.42. The van der Waals surface area contributed by atoms with Gasteiger partial charge in [-0.3, -0.25) is 4.79 Å². The van der Waals surface area contributed by atoms with Crippen molar-refractivity contribution in [2.45, 2.75) is 25.7 Å². The van der Waals surface area contributed by atoms with Crippen LogP contribution in [0, 0.1) is 5.92 Å². The summed E-state index contributed by atoms with van der Waals surface area (Å²) in [6, 6.07) is 20.9. The Hall–Kier alpha value is -2.09. The third-order valence-corrected chi connectivity index (χ3v) is 3.72.